The second-order valence-electron chi connectivity index (χ2n) is 3.97. The molecule has 0 aromatic carbocycles. The molecule has 1 saturated heterocycles. The lowest BCUT2D eigenvalue weighted by Gasteiger charge is -2.23. The Balaban J connectivity index is 2.47. The Kier molecular flexibility index (Phi) is 5.45. The van der Waals surface area contributed by atoms with Gasteiger partial charge in [-0.1, -0.05) is 0 Å². The molecule has 0 radical (unpaired) electrons. The van der Waals surface area contributed by atoms with Crippen molar-refractivity contribution in [3.05, 3.63) is 11.1 Å². The van der Waals surface area contributed by atoms with Crippen LogP contribution in [0.25, 0.3) is 0 Å². The van der Waals surface area contributed by atoms with E-state index in [4.69, 9.17) is 9.84 Å². The molecule has 1 unspecified atom stereocenters. The molecule has 1 rings (SSSR count). The number of amides is 1. The number of carbonyl (C=O) groups excluding carboxylic acids is 1. The number of ether oxygens (including phenoxy) is 1. The highest BCUT2D eigenvalue weighted by molar-refractivity contribution is 5.94. The smallest absolute Gasteiger partial charge is 0.247 e. The molecule has 1 fully saturated rings. The summed E-state index contributed by atoms with van der Waals surface area (Å²) >= 11 is 0. The van der Waals surface area contributed by atoms with Crippen LogP contribution < -0.4 is 10.6 Å². The van der Waals surface area contributed by atoms with E-state index in [2.05, 4.69) is 10.6 Å². The third kappa shape index (κ3) is 3.59. The average molecular weight is 228 g/mol. The highest BCUT2D eigenvalue weighted by Crippen LogP contribution is 2.09. The molecule has 5 heteroatoms. The molecule has 16 heavy (non-hydrogen) atoms. The topological polar surface area (TPSA) is 70.6 Å². The lowest BCUT2D eigenvalue weighted by molar-refractivity contribution is -0.118. The van der Waals surface area contributed by atoms with Gasteiger partial charge in [0.25, 0.3) is 0 Å². The fourth-order valence-electron chi connectivity index (χ4n) is 1.52. The van der Waals surface area contributed by atoms with E-state index >= 15 is 0 Å². The molecule has 92 valence electrons. The van der Waals surface area contributed by atoms with Crippen LogP contribution in [0.3, 0.4) is 0 Å². The number of hydrogen-bond acceptors (Lipinski definition) is 4. The SMILES string of the molecule is COCC(CCO)NC(=O)C(C)=C1CNC1. The molecular formula is C11H20N2O3. The average Bonchev–Trinajstić information content (AvgIpc) is 2.15. The van der Waals surface area contributed by atoms with E-state index in [1.165, 1.54) is 0 Å². The van der Waals surface area contributed by atoms with E-state index < -0.39 is 0 Å². The number of nitrogens with one attached hydrogen (secondary N) is 2. The van der Waals surface area contributed by atoms with Crippen LogP contribution >= 0.6 is 0 Å². The summed E-state index contributed by atoms with van der Waals surface area (Å²) in [5.74, 6) is -0.0630. The van der Waals surface area contributed by atoms with Gasteiger partial charge in [-0.05, 0) is 18.9 Å². The highest BCUT2D eigenvalue weighted by Gasteiger charge is 2.18. The largest absolute Gasteiger partial charge is 0.396 e. The maximum atomic E-state index is 11.8. The summed E-state index contributed by atoms with van der Waals surface area (Å²) in [4.78, 5) is 11.8. The van der Waals surface area contributed by atoms with Crippen LogP contribution in [0.15, 0.2) is 11.1 Å². The molecule has 1 atom stereocenters. The van der Waals surface area contributed by atoms with E-state index in [0.29, 0.717) is 13.0 Å². The van der Waals surface area contributed by atoms with Crippen LogP contribution in [0.4, 0.5) is 0 Å². The highest BCUT2D eigenvalue weighted by atomic mass is 16.5. The van der Waals surface area contributed by atoms with Crippen LogP contribution in [-0.2, 0) is 9.53 Å². The van der Waals surface area contributed by atoms with Crippen LogP contribution in [-0.4, -0.2) is 50.5 Å². The van der Waals surface area contributed by atoms with E-state index in [9.17, 15) is 4.79 Å². The molecule has 0 spiro atoms. The van der Waals surface area contributed by atoms with Gasteiger partial charge in [-0.2, -0.15) is 0 Å². The summed E-state index contributed by atoms with van der Waals surface area (Å²) in [5.41, 5.74) is 1.93. The van der Waals surface area contributed by atoms with Gasteiger partial charge in [-0.15, -0.1) is 0 Å². The van der Waals surface area contributed by atoms with Gasteiger partial charge >= 0.3 is 0 Å². The number of rotatable bonds is 6. The molecule has 1 amide bonds. The Labute approximate surface area is 95.9 Å². The van der Waals surface area contributed by atoms with E-state index in [-0.39, 0.29) is 18.6 Å². The number of hydrogen-bond donors (Lipinski definition) is 3. The Morgan fingerprint density at radius 3 is 2.75 bits per heavy atom. The standard InChI is InChI=1S/C11H20N2O3/c1-8(9-5-12-6-9)11(15)13-10(3-4-14)7-16-2/h10,12,14H,3-7H2,1-2H3,(H,13,15). The van der Waals surface area contributed by atoms with E-state index in [1.807, 2.05) is 6.92 Å². The van der Waals surface area contributed by atoms with Gasteiger partial charge in [0.1, 0.15) is 0 Å². The second kappa shape index (κ2) is 6.62. The minimum atomic E-state index is -0.119. The molecule has 0 bridgehead atoms. The minimum Gasteiger partial charge on any atom is -0.396 e. The molecular weight excluding hydrogens is 208 g/mol. The van der Waals surface area contributed by atoms with Gasteiger partial charge in [0, 0.05) is 32.4 Å². The summed E-state index contributed by atoms with van der Waals surface area (Å²) in [7, 11) is 1.58. The molecule has 1 aliphatic heterocycles. The predicted octanol–water partition coefficient (Wildman–Crippen LogP) is -0.580. The summed E-state index contributed by atoms with van der Waals surface area (Å²) in [6.07, 6.45) is 0.514. The summed E-state index contributed by atoms with van der Waals surface area (Å²) in [6, 6.07) is -0.119. The van der Waals surface area contributed by atoms with Crippen LogP contribution in [0, 0.1) is 0 Å². The van der Waals surface area contributed by atoms with Crippen molar-refractivity contribution in [2.24, 2.45) is 0 Å². The van der Waals surface area contributed by atoms with Gasteiger partial charge in [-0.3, -0.25) is 4.79 Å². The Bertz CT molecular complexity index is 264. The van der Waals surface area contributed by atoms with Gasteiger partial charge in [-0.25, -0.2) is 0 Å². The lowest BCUT2D eigenvalue weighted by atomic mass is 10.0. The number of aliphatic hydroxyl groups is 1. The first kappa shape index (κ1) is 13.2. The van der Waals surface area contributed by atoms with Crippen LogP contribution in [0.5, 0.6) is 0 Å². The summed E-state index contributed by atoms with van der Waals surface area (Å²) in [5, 5.41) is 14.8. The lowest BCUT2D eigenvalue weighted by Crippen LogP contribution is -2.42. The Morgan fingerprint density at radius 2 is 2.31 bits per heavy atom. The summed E-state index contributed by atoms with van der Waals surface area (Å²) in [6.45, 7) is 3.90. The van der Waals surface area contributed by atoms with Crippen molar-refractivity contribution >= 4 is 5.91 Å². The van der Waals surface area contributed by atoms with Gasteiger partial charge in [0.2, 0.25) is 5.91 Å². The van der Waals surface area contributed by atoms with Crippen molar-refractivity contribution in [3.63, 3.8) is 0 Å². The van der Waals surface area contributed by atoms with Crippen LogP contribution in [0.1, 0.15) is 13.3 Å². The van der Waals surface area contributed by atoms with Crippen molar-refractivity contribution in [2.75, 3.05) is 33.4 Å². The summed E-state index contributed by atoms with van der Waals surface area (Å²) < 4.78 is 4.98. The van der Waals surface area contributed by atoms with Gasteiger partial charge in [0.15, 0.2) is 0 Å². The zero-order valence-corrected chi connectivity index (χ0v) is 9.88. The first-order valence-electron chi connectivity index (χ1n) is 5.49. The zero-order valence-electron chi connectivity index (χ0n) is 9.88. The maximum Gasteiger partial charge on any atom is 0.247 e. The third-order valence-electron chi connectivity index (χ3n) is 2.73. The molecule has 0 aromatic heterocycles. The monoisotopic (exact) mass is 228 g/mol. The number of methoxy groups -OCH3 is 1. The quantitative estimate of drug-likeness (QED) is 0.532. The molecule has 3 N–H and O–H groups in total. The zero-order chi connectivity index (χ0) is 12.0. The molecule has 0 saturated carbocycles. The Hall–Kier alpha value is -0.910. The maximum absolute atomic E-state index is 11.8. The van der Waals surface area contributed by atoms with Crippen molar-refractivity contribution < 1.29 is 14.6 Å². The Morgan fingerprint density at radius 1 is 1.62 bits per heavy atom. The predicted molar refractivity (Wildman–Crippen MR) is 61.1 cm³/mol. The first-order valence-corrected chi connectivity index (χ1v) is 5.49. The van der Waals surface area contributed by atoms with Gasteiger partial charge < -0.3 is 20.5 Å². The molecule has 1 aliphatic rings. The fourth-order valence-corrected chi connectivity index (χ4v) is 1.52. The van der Waals surface area contributed by atoms with E-state index in [0.717, 1.165) is 24.2 Å². The van der Waals surface area contributed by atoms with Crippen molar-refractivity contribution in [1.29, 1.82) is 0 Å². The van der Waals surface area contributed by atoms with Crippen molar-refractivity contribution in [3.8, 4) is 0 Å². The van der Waals surface area contributed by atoms with Crippen LogP contribution in [0.2, 0.25) is 0 Å². The number of aliphatic hydroxyl groups excluding tert-OH is 1. The second-order valence-corrected chi connectivity index (χ2v) is 3.97. The normalized spacial score (nSPS) is 16.6. The van der Waals surface area contributed by atoms with Gasteiger partial charge in [0.05, 0.1) is 12.6 Å². The molecule has 5 nitrogen and oxygen atoms in total. The van der Waals surface area contributed by atoms with E-state index in [1.54, 1.807) is 7.11 Å². The minimum absolute atomic E-state index is 0.0471. The number of carbonyl (C=O) groups is 1. The fraction of sp³-hybridized carbons (Fsp3) is 0.727. The molecule has 0 aromatic rings. The molecule has 0 aliphatic carbocycles. The van der Waals surface area contributed by atoms with Crippen molar-refractivity contribution in [1.82, 2.24) is 10.6 Å². The molecule has 1 heterocycles. The first-order chi connectivity index (χ1) is 7.69. The van der Waals surface area contributed by atoms with Crippen molar-refractivity contribution in [2.45, 2.75) is 19.4 Å². The third-order valence-corrected chi connectivity index (χ3v) is 2.73.